The van der Waals surface area contributed by atoms with E-state index in [0.29, 0.717) is 6.54 Å². The minimum absolute atomic E-state index is 0.133. The molecule has 0 saturated heterocycles. The van der Waals surface area contributed by atoms with E-state index in [4.69, 9.17) is 10.5 Å². The number of benzene rings is 1. The molecule has 0 spiro atoms. The molecular formula is C11H16FNO. The molecule has 0 fully saturated rings. The van der Waals surface area contributed by atoms with Crippen molar-refractivity contribution in [3.63, 3.8) is 0 Å². The predicted octanol–water partition coefficient (Wildman–Crippen LogP) is 2.19. The molecule has 1 aromatic carbocycles. The number of hydrogen-bond acceptors (Lipinski definition) is 2. The van der Waals surface area contributed by atoms with Gasteiger partial charge in [0.1, 0.15) is 6.10 Å². The Bertz CT molecular complexity index is 288. The first-order chi connectivity index (χ1) is 6.65. The molecule has 0 aliphatic heterocycles. The standard InChI is InChI=1S/C11H16FNO/c1-8(2)11(7-13)14-10-6-4-3-5-9(10)12/h3-6,8,11H,7,13H2,1-2H3. The van der Waals surface area contributed by atoms with Crippen LogP contribution in [0.3, 0.4) is 0 Å². The van der Waals surface area contributed by atoms with Gasteiger partial charge in [-0.15, -0.1) is 0 Å². The van der Waals surface area contributed by atoms with Crippen molar-refractivity contribution in [2.75, 3.05) is 6.54 Å². The molecule has 1 unspecified atom stereocenters. The highest BCUT2D eigenvalue weighted by Crippen LogP contribution is 2.19. The summed E-state index contributed by atoms with van der Waals surface area (Å²) in [5.74, 6) is 0.211. The van der Waals surface area contributed by atoms with Crippen molar-refractivity contribution in [3.8, 4) is 5.75 Å². The molecule has 0 aromatic heterocycles. The molecule has 1 atom stereocenters. The second-order valence-corrected chi connectivity index (χ2v) is 3.57. The van der Waals surface area contributed by atoms with Crippen molar-refractivity contribution in [2.45, 2.75) is 20.0 Å². The van der Waals surface area contributed by atoms with Crippen LogP contribution in [0.15, 0.2) is 24.3 Å². The van der Waals surface area contributed by atoms with Gasteiger partial charge in [0.2, 0.25) is 0 Å². The van der Waals surface area contributed by atoms with Gasteiger partial charge in [-0.3, -0.25) is 0 Å². The van der Waals surface area contributed by atoms with Crippen molar-refractivity contribution >= 4 is 0 Å². The molecule has 0 aliphatic rings. The first-order valence-corrected chi connectivity index (χ1v) is 4.76. The Morgan fingerprint density at radius 2 is 2.00 bits per heavy atom. The minimum Gasteiger partial charge on any atom is -0.486 e. The van der Waals surface area contributed by atoms with Gasteiger partial charge in [-0.25, -0.2) is 4.39 Å². The van der Waals surface area contributed by atoms with Gasteiger partial charge in [0.15, 0.2) is 11.6 Å². The molecule has 0 radical (unpaired) electrons. The number of para-hydroxylation sites is 1. The molecule has 0 saturated carbocycles. The third-order valence-corrected chi connectivity index (χ3v) is 2.09. The van der Waals surface area contributed by atoms with E-state index in [0.717, 1.165) is 0 Å². The van der Waals surface area contributed by atoms with Crippen LogP contribution in [-0.4, -0.2) is 12.6 Å². The second kappa shape index (κ2) is 4.96. The van der Waals surface area contributed by atoms with E-state index in [1.807, 2.05) is 13.8 Å². The summed E-state index contributed by atoms with van der Waals surface area (Å²) < 4.78 is 18.6. The minimum atomic E-state index is -0.341. The van der Waals surface area contributed by atoms with Gasteiger partial charge in [-0.05, 0) is 18.1 Å². The van der Waals surface area contributed by atoms with Gasteiger partial charge in [0, 0.05) is 6.54 Å². The fourth-order valence-electron chi connectivity index (χ4n) is 1.16. The van der Waals surface area contributed by atoms with E-state index < -0.39 is 0 Å². The molecule has 0 aliphatic carbocycles. The van der Waals surface area contributed by atoms with Gasteiger partial charge in [0.05, 0.1) is 0 Å². The first-order valence-electron chi connectivity index (χ1n) is 4.76. The maximum Gasteiger partial charge on any atom is 0.165 e. The summed E-state index contributed by atoms with van der Waals surface area (Å²) in [6, 6.07) is 6.37. The van der Waals surface area contributed by atoms with E-state index in [1.165, 1.54) is 6.07 Å². The molecule has 2 nitrogen and oxygen atoms in total. The summed E-state index contributed by atoms with van der Waals surface area (Å²) in [6.07, 6.45) is -0.133. The van der Waals surface area contributed by atoms with Crippen molar-refractivity contribution in [3.05, 3.63) is 30.1 Å². The lowest BCUT2D eigenvalue weighted by atomic mass is 10.1. The van der Waals surface area contributed by atoms with Gasteiger partial charge >= 0.3 is 0 Å². The summed E-state index contributed by atoms with van der Waals surface area (Å²) in [5.41, 5.74) is 5.52. The molecule has 0 bridgehead atoms. The highest BCUT2D eigenvalue weighted by Gasteiger charge is 2.14. The number of ether oxygens (including phenoxy) is 1. The first kappa shape index (κ1) is 11.0. The number of hydrogen-bond donors (Lipinski definition) is 1. The summed E-state index contributed by atoms with van der Waals surface area (Å²) in [4.78, 5) is 0. The van der Waals surface area contributed by atoms with E-state index in [9.17, 15) is 4.39 Å². The Labute approximate surface area is 83.9 Å². The van der Waals surface area contributed by atoms with Gasteiger partial charge in [-0.2, -0.15) is 0 Å². The van der Waals surface area contributed by atoms with Crippen LogP contribution in [0.2, 0.25) is 0 Å². The fourth-order valence-corrected chi connectivity index (χ4v) is 1.16. The second-order valence-electron chi connectivity index (χ2n) is 3.57. The van der Waals surface area contributed by atoms with E-state index in [1.54, 1.807) is 18.2 Å². The lowest BCUT2D eigenvalue weighted by molar-refractivity contribution is 0.152. The van der Waals surface area contributed by atoms with Crippen LogP contribution < -0.4 is 10.5 Å². The zero-order valence-electron chi connectivity index (χ0n) is 8.53. The average Bonchev–Trinajstić information content (AvgIpc) is 2.16. The van der Waals surface area contributed by atoms with Crippen LogP contribution in [0.5, 0.6) is 5.75 Å². The third kappa shape index (κ3) is 2.70. The zero-order valence-corrected chi connectivity index (χ0v) is 8.53. The van der Waals surface area contributed by atoms with Crippen LogP contribution in [0.1, 0.15) is 13.8 Å². The Hall–Kier alpha value is -1.09. The van der Waals surface area contributed by atoms with E-state index in [2.05, 4.69) is 0 Å². The lowest BCUT2D eigenvalue weighted by Gasteiger charge is -2.20. The number of halogens is 1. The maximum absolute atomic E-state index is 13.2. The van der Waals surface area contributed by atoms with Gasteiger partial charge < -0.3 is 10.5 Å². The summed E-state index contributed by atoms with van der Waals surface area (Å²) in [6.45, 7) is 4.39. The zero-order chi connectivity index (χ0) is 10.6. The maximum atomic E-state index is 13.2. The van der Waals surface area contributed by atoms with Crippen molar-refractivity contribution in [1.29, 1.82) is 0 Å². The predicted molar refractivity (Wildman–Crippen MR) is 54.7 cm³/mol. The lowest BCUT2D eigenvalue weighted by Crippen LogP contribution is -2.32. The molecular weight excluding hydrogens is 181 g/mol. The van der Waals surface area contributed by atoms with Gasteiger partial charge in [-0.1, -0.05) is 26.0 Å². The van der Waals surface area contributed by atoms with E-state index in [-0.39, 0.29) is 23.6 Å². The summed E-state index contributed by atoms with van der Waals surface area (Å²) >= 11 is 0. The molecule has 14 heavy (non-hydrogen) atoms. The number of rotatable bonds is 4. The Morgan fingerprint density at radius 1 is 1.36 bits per heavy atom. The van der Waals surface area contributed by atoms with Crippen LogP contribution in [-0.2, 0) is 0 Å². The Balaban J connectivity index is 2.72. The van der Waals surface area contributed by atoms with Crippen LogP contribution in [0, 0.1) is 11.7 Å². The highest BCUT2D eigenvalue weighted by molar-refractivity contribution is 5.23. The molecule has 1 rings (SSSR count). The van der Waals surface area contributed by atoms with E-state index >= 15 is 0 Å². The topological polar surface area (TPSA) is 35.2 Å². The van der Waals surface area contributed by atoms with Crippen molar-refractivity contribution < 1.29 is 9.13 Å². The molecule has 3 heteroatoms. The molecule has 0 heterocycles. The molecule has 2 N–H and O–H groups in total. The SMILES string of the molecule is CC(C)C(CN)Oc1ccccc1F. The largest absolute Gasteiger partial charge is 0.486 e. The monoisotopic (exact) mass is 197 g/mol. The van der Waals surface area contributed by atoms with Gasteiger partial charge in [0.25, 0.3) is 0 Å². The third-order valence-electron chi connectivity index (χ3n) is 2.09. The average molecular weight is 197 g/mol. The van der Waals surface area contributed by atoms with Crippen LogP contribution in [0.4, 0.5) is 4.39 Å². The smallest absolute Gasteiger partial charge is 0.165 e. The fraction of sp³-hybridized carbons (Fsp3) is 0.455. The van der Waals surface area contributed by atoms with Crippen LogP contribution in [0.25, 0.3) is 0 Å². The molecule has 0 amide bonds. The molecule has 78 valence electrons. The van der Waals surface area contributed by atoms with Crippen molar-refractivity contribution in [1.82, 2.24) is 0 Å². The Kier molecular flexibility index (Phi) is 3.89. The normalized spacial score (nSPS) is 12.9. The quantitative estimate of drug-likeness (QED) is 0.803. The highest BCUT2D eigenvalue weighted by atomic mass is 19.1. The number of nitrogens with two attached hydrogens (primary N) is 1. The van der Waals surface area contributed by atoms with Crippen LogP contribution >= 0.6 is 0 Å². The summed E-state index contributed by atoms with van der Waals surface area (Å²) in [5, 5.41) is 0. The summed E-state index contributed by atoms with van der Waals surface area (Å²) in [7, 11) is 0. The van der Waals surface area contributed by atoms with Crippen molar-refractivity contribution in [2.24, 2.45) is 11.7 Å². The molecule has 1 aromatic rings. The Morgan fingerprint density at radius 3 is 2.50 bits per heavy atom.